The van der Waals surface area contributed by atoms with E-state index in [-0.39, 0.29) is 17.2 Å². The molecule has 0 atom stereocenters. The molecule has 1 aromatic heterocycles. The Balaban J connectivity index is 2.32. The van der Waals surface area contributed by atoms with Crippen molar-refractivity contribution in [1.82, 2.24) is 4.98 Å². The zero-order valence-corrected chi connectivity index (χ0v) is 15.1. The summed E-state index contributed by atoms with van der Waals surface area (Å²) in [4.78, 5) is 4.10. The molecule has 0 radical (unpaired) electrons. The molecule has 0 N–H and O–H groups in total. The van der Waals surface area contributed by atoms with Crippen molar-refractivity contribution in [2.45, 2.75) is 11.5 Å². The van der Waals surface area contributed by atoms with E-state index in [0.717, 1.165) is 0 Å². The van der Waals surface area contributed by atoms with Crippen LogP contribution in [0.4, 0.5) is 0 Å². The number of sulfone groups is 1. The summed E-state index contributed by atoms with van der Waals surface area (Å²) >= 11 is 5.95. The minimum absolute atomic E-state index is 0.223. The van der Waals surface area contributed by atoms with Crippen molar-refractivity contribution in [2.24, 2.45) is 0 Å². The number of nitrogens with zero attached hydrogens (tertiary/aromatic N) is 1. The monoisotopic (exact) mass is 371 g/mol. The van der Waals surface area contributed by atoms with Gasteiger partial charge in [0.25, 0.3) is 0 Å². The summed E-state index contributed by atoms with van der Waals surface area (Å²) in [5.41, 5.74) is 0.782. The Labute approximate surface area is 146 Å². The van der Waals surface area contributed by atoms with Crippen LogP contribution in [0.15, 0.2) is 30.5 Å². The first-order valence-corrected chi connectivity index (χ1v) is 9.19. The minimum Gasteiger partial charge on any atom is -0.496 e. The van der Waals surface area contributed by atoms with E-state index in [1.54, 1.807) is 24.3 Å². The van der Waals surface area contributed by atoms with E-state index in [1.807, 2.05) is 0 Å². The van der Waals surface area contributed by atoms with Crippen molar-refractivity contribution in [2.75, 3.05) is 21.3 Å². The molecule has 0 saturated heterocycles. The van der Waals surface area contributed by atoms with E-state index in [4.69, 9.17) is 25.8 Å². The lowest BCUT2D eigenvalue weighted by Crippen LogP contribution is -2.11. The molecule has 2 rings (SSSR count). The third-order valence-corrected chi connectivity index (χ3v) is 5.04. The first-order valence-electron chi connectivity index (χ1n) is 6.99. The van der Waals surface area contributed by atoms with Crippen molar-refractivity contribution in [1.29, 1.82) is 0 Å². The summed E-state index contributed by atoms with van der Waals surface area (Å²) in [6.07, 6.45) is 1.48. The standard InChI is InChI=1S/C16H18ClNO5S/c1-21-14-5-4-12(17)8-11(14)9-24(19,20)10-13-16(23-3)15(22-2)6-7-18-13/h4-8H,9-10H2,1-3H3. The van der Waals surface area contributed by atoms with Crippen LogP contribution in [-0.4, -0.2) is 34.7 Å². The van der Waals surface area contributed by atoms with Crippen LogP contribution < -0.4 is 14.2 Å². The highest BCUT2D eigenvalue weighted by Crippen LogP contribution is 2.31. The van der Waals surface area contributed by atoms with Gasteiger partial charge in [0, 0.05) is 22.8 Å². The molecule has 1 heterocycles. The van der Waals surface area contributed by atoms with Crippen molar-refractivity contribution in [3.8, 4) is 17.2 Å². The summed E-state index contributed by atoms with van der Waals surface area (Å²) in [6.45, 7) is 0. The van der Waals surface area contributed by atoms with Crippen LogP contribution in [0.25, 0.3) is 0 Å². The van der Waals surface area contributed by atoms with Gasteiger partial charge in [0.05, 0.1) is 32.8 Å². The number of rotatable bonds is 7. The zero-order valence-electron chi connectivity index (χ0n) is 13.6. The Morgan fingerprint density at radius 2 is 1.71 bits per heavy atom. The van der Waals surface area contributed by atoms with E-state index in [1.165, 1.54) is 27.5 Å². The maximum atomic E-state index is 12.6. The molecule has 0 amide bonds. The lowest BCUT2D eigenvalue weighted by molar-refractivity contribution is 0.350. The number of hydrogen-bond acceptors (Lipinski definition) is 6. The number of pyridine rings is 1. The molecule has 0 aliphatic heterocycles. The third kappa shape index (κ3) is 4.30. The molecule has 0 fully saturated rings. The molecule has 0 aliphatic carbocycles. The molecule has 0 aliphatic rings. The zero-order chi connectivity index (χ0) is 17.7. The van der Waals surface area contributed by atoms with Crippen LogP contribution in [0.2, 0.25) is 5.02 Å². The van der Waals surface area contributed by atoms with E-state index in [0.29, 0.717) is 27.8 Å². The summed E-state index contributed by atoms with van der Waals surface area (Å²) in [7, 11) is 0.866. The Hall–Kier alpha value is -1.99. The highest BCUT2D eigenvalue weighted by molar-refractivity contribution is 7.89. The summed E-state index contributed by atoms with van der Waals surface area (Å²) in [5, 5.41) is 0.443. The molecule has 1 aromatic carbocycles. The molecule has 130 valence electrons. The number of ether oxygens (including phenoxy) is 3. The van der Waals surface area contributed by atoms with Gasteiger partial charge < -0.3 is 14.2 Å². The van der Waals surface area contributed by atoms with Gasteiger partial charge in [0.15, 0.2) is 21.3 Å². The van der Waals surface area contributed by atoms with Crippen molar-refractivity contribution in [3.63, 3.8) is 0 Å². The van der Waals surface area contributed by atoms with Gasteiger partial charge in [-0.15, -0.1) is 0 Å². The summed E-state index contributed by atoms with van der Waals surface area (Å²) in [6, 6.07) is 6.46. The fraction of sp³-hybridized carbons (Fsp3) is 0.312. The van der Waals surface area contributed by atoms with Crippen molar-refractivity contribution < 1.29 is 22.6 Å². The van der Waals surface area contributed by atoms with Crippen LogP contribution in [0, 0.1) is 0 Å². The van der Waals surface area contributed by atoms with Crippen molar-refractivity contribution >= 4 is 21.4 Å². The van der Waals surface area contributed by atoms with Crippen LogP contribution in [0.3, 0.4) is 0 Å². The Morgan fingerprint density at radius 1 is 1.00 bits per heavy atom. The normalized spacial score (nSPS) is 11.2. The van der Waals surface area contributed by atoms with Gasteiger partial charge in [-0.3, -0.25) is 4.98 Å². The lowest BCUT2D eigenvalue weighted by Gasteiger charge is -2.13. The van der Waals surface area contributed by atoms with Gasteiger partial charge in [0.2, 0.25) is 0 Å². The predicted molar refractivity (Wildman–Crippen MR) is 91.7 cm³/mol. The fourth-order valence-corrected chi connectivity index (χ4v) is 3.93. The Kier molecular flexibility index (Phi) is 5.90. The van der Waals surface area contributed by atoms with Gasteiger partial charge >= 0.3 is 0 Å². The number of methoxy groups -OCH3 is 3. The topological polar surface area (TPSA) is 74.7 Å². The largest absolute Gasteiger partial charge is 0.496 e. The predicted octanol–water partition coefficient (Wildman–Crippen LogP) is 2.88. The molecular formula is C16H18ClNO5S. The van der Waals surface area contributed by atoms with E-state index in [9.17, 15) is 8.42 Å². The number of hydrogen-bond donors (Lipinski definition) is 0. The quantitative estimate of drug-likeness (QED) is 0.745. The molecule has 6 nitrogen and oxygen atoms in total. The number of aromatic nitrogens is 1. The summed E-state index contributed by atoms with van der Waals surface area (Å²) in [5.74, 6) is 0.690. The second-order valence-electron chi connectivity index (χ2n) is 4.98. The minimum atomic E-state index is -3.53. The summed E-state index contributed by atoms with van der Waals surface area (Å²) < 4.78 is 40.8. The van der Waals surface area contributed by atoms with E-state index < -0.39 is 9.84 Å². The second kappa shape index (κ2) is 7.72. The average molecular weight is 372 g/mol. The van der Waals surface area contributed by atoms with Crippen LogP contribution in [-0.2, 0) is 21.3 Å². The molecule has 0 unspecified atom stereocenters. The number of benzene rings is 1. The van der Waals surface area contributed by atoms with Crippen LogP contribution in [0.1, 0.15) is 11.3 Å². The smallest absolute Gasteiger partial charge is 0.183 e. The first kappa shape index (κ1) is 18.4. The maximum Gasteiger partial charge on any atom is 0.183 e. The highest BCUT2D eigenvalue weighted by atomic mass is 35.5. The van der Waals surface area contributed by atoms with Crippen LogP contribution >= 0.6 is 11.6 Å². The number of halogens is 1. The van der Waals surface area contributed by atoms with Crippen molar-refractivity contribution in [3.05, 3.63) is 46.7 Å². The molecule has 2 aromatic rings. The Bertz CT molecular complexity index is 823. The lowest BCUT2D eigenvalue weighted by atomic mass is 10.2. The Morgan fingerprint density at radius 3 is 2.33 bits per heavy atom. The van der Waals surface area contributed by atoms with Gasteiger partial charge in [-0.25, -0.2) is 8.42 Å². The molecule has 0 bridgehead atoms. The molecule has 0 saturated carbocycles. The fourth-order valence-electron chi connectivity index (χ4n) is 2.31. The molecule has 8 heteroatoms. The van der Waals surface area contributed by atoms with E-state index >= 15 is 0 Å². The van der Waals surface area contributed by atoms with Gasteiger partial charge in [-0.2, -0.15) is 0 Å². The highest BCUT2D eigenvalue weighted by Gasteiger charge is 2.21. The first-order chi connectivity index (χ1) is 11.4. The third-order valence-electron chi connectivity index (χ3n) is 3.34. The maximum absolute atomic E-state index is 12.6. The van der Waals surface area contributed by atoms with Crippen LogP contribution in [0.5, 0.6) is 17.2 Å². The van der Waals surface area contributed by atoms with Gasteiger partial charge in [-0.05, 0) is 18.2 Å². The second-order valence-corrected chi connectivity index (χ2v) is 7.48. The van der Waals surface area contributed by atoms with Gasteiger partial charge in [0.1, 0.15) is 11.4 Å². The van der Waals surface area contributed by atoms with E-state index in [2.05, 4.69) is 4.98 Å². The molecule has 24 heavy (non-hydrogen) atoms. The molecular weight excluding hydrogens is 354 g/mol. The average Bonchev–Trinajstić information content (AvgIpc) is 2.54. The molecule has 0 spiro atoms. The SMILES string of the molecule is COc1ccc(Cl)cc1CS(=O)(=O)Cc1nccc(OC)c1OC. The van der Waals surface area contributed by atoms with Gasteiger partial charge in [-0.1, -0.05) is 11.6 Å².